The van der Waals surface area contributed by atoms with Crippen LogP contribution in [0.2, 0.25) is 0 Å². The number of fused-ring (bicyclic) bond motifs is 1. The molecule has 0 saturated carbocycles. The van der Waals surface area contributed by atoms with Gasteiger partial charge in [-0.25, -0.2) is 4.98 Å². The molecule has 0 atom stereocenters. The van der Waals surface area contributed by atoms with Gasteiger partial charge in [-0.05, 0) is 36.4 Å². The van der Waals surface area contributed by atoms with Crippen LogP contribution in [0.15, 0.2) is 48.5 Å². The summed E-state index contributed by atoms with van der Waals surface area (Å²) < 4.78 is 5.82. The van der Waals surface area contributed by atoms with E-state index in [0.717, 1.165) is 47.8 Å². The van der Waals surface area contributed by atoms with Gasteiger partial charge in [0, 0.05) is 37.0 Å². The zero-order chi connectivity index (χ0) is 17.5. The summed E-state index contributed by atoms with van der Waals surface area (Å²) in [7, 11) is 0. The van der Waals surface area contributed by atoms with E-state index in [1.165, 1.54) is 0 Å². The molecule has 7 heteroatoms. The predicted molar refractivity (Wildman–Crippen MR) is 112 cm³/mol. The van der Waals surface area contributed by atoms with E-state index < -0.39 is 0 Å². The van der Waals surface area contributed by atoms with Crippen LogP contribution in [0.25, 0.3) is 22.4 Å². The molecule has 0 bridgehead atoms. The van der Waals surface area contributed by atoms with Gasteiger partial charge in [0.15, 0.2) is 0 Å². The lowest BCUT2D eigenvalue weighted by Gasteiger charge is -2.19. The van der Waals surface area contributed by atoms with E-state index in [1.54, 1.807) is 0 Å². The minimum absolute atomic E-state index is 0. The molecule has 0 aliphatic heterocycles. The van der Waals surface area contributed by atoms with Crippen LogP contribution in [0.4, 0.5) is 0 Å². The Hall–Kier alpha value is -1.46. The molecule has 26 heavy (non-hydrogen) atoms. The molecular weight excluding hydrogens is 393 g/mol. The molecule has 1 N–H and O–H groups in total. The van der Waals surface area contributed by atoms with Gasteiger partial charge in [-0.15, -0.1) is 35.6 Å². The fraction of sp³-hybridized carbons (Fsp3) is 0.316. The van der Waals surface area contributed by atoms with Crippen molar-refractivity contribution in [1.82, 2.24) is 14.9 Å². The molecule has 0 saturated heterocycles. The molecule has 3 rings (SSSR count). The van der Waals surface area contributed by atoms with Gasteiger partial charge in [-0.1, -0.05) is 12.1 Å². The molecule has 0 aliphatic carbocycles. The fourth-order valence-corrected chi connectivity index (χ4v) is 3.14. The Morgan fingerprint density at radius 1 is 0.923 bits per heavy atom. The molecule has 140 valence electrons. The van der Waals surface area contributed by atoms with Crippen molar-refractivity contribution in [2.45, 2.75) is 0 Å². The third-order valence-electron chi connectivity index (χ3n) is 3.99. The van der Waals surface area contributed by atoms with Crippen molar-refractivity contribution in [2.24, 2.45) is 0 Å². The molecule has 0 fully saturated rings. The molecule has 1 aromatic heterocycles. The number of alkyl halides is 2. The topological polar surface area (TPSA) is 41.1 Å². The normalized spacial score (nSPS) is 10.9. The summed E-state index contributed by atoms with van der Waals surface area (Å²) in [6, 6.07) is 16.0. The number of hydrogen-bond donors (Lipinski definition) is 1. The van der Waals surface area contributed by atoms with E-state index in [9.17, 15) is 0 Å². The van der Waals surface area contributed by atoms with Crippen LogP contribution in [0.1, 0.15) is 0 Å². The molecule has 4 nitrogen and oxygen atoms in total. The van der Waals surface area contributed by atoms with Crippen LogP contribution in [0.5, 0.6) is 5.75 Å². The summed E-state index contributed by atoms with van der Waals surface area (Å²) in [5.74, 6) is 2.91. The summed E-state index contributed by atoms with van der Waals surface area (Å²) in [4.78, 5) is 10.1. The van der Waals surface area contributed by atoms with Gasteiger partial charge >= 0.3 is 0 Å². The standard InChI is InChI=1S/C19H21Cl2N3O.ClH/c20-9-11-24(12-10-21)13-14-25-16-7-5-15(6-8-16)19-22-17-3-1-2-4-18(17)23-19;/h1-8H,9-14H2,(H,22,23);1H. The van der Waals surface area contributed by atoms with Crippen molar-refractivity contribution >= 4 is 46.6 Å². The number of aromatic nitrogens is 2. The molecule has 0 aliphatic rings. The summed E-state index contributed by atoms with van der Waals surface area (Å²) >= 11 is 11.6. The van der Waals surface area contributed by atoms with Gasteiger partial charge in [0.1, 0.15) is 18.2 Å². The van der Waals surface area contributed by atoms with Crippen LogP contribution in [-0.2, 0) is 0 Å². The van der Waals surface area contributed by atoms with Gasteiger partial charge in [0.2, 0.25) is 0 Å². The summed E-state index contributed by atoms with van der Waals surface area (Å²) in [6.45, 7) is 3.06. The van der Waals surface area contributed by atoms with Gasteiger partial charge in [0.25, 0.3) is 0 Å². The largest absolute Gasteiger partial charge is 0.492 e. The Morgan fingerprint density at radius 2 is 1.62 bits per heavy atom. The van der Waals surface area contributed by atoms with E-state index >= 15 is 0 Å². The number of nitrogens with one attached hydrogen (secondary N) is 1. The third-order valence-corrected chi connectivity index (χ3v) is 4.33. The van der Waals surface area contributed by atoms with Crippen LogP contribution < -0.4 is 4.74 Å². The number of rotatable bonds is 9. The summed E-state index contributed by atoms with van der Waals surface area (Å²) in [6.07, 6.45) is 0. The Kier molecular flexibility index (Phi) is 8.52. The molecule has 3 aromatic rings. The Bertz CT molecular complexity index is 753. The zero-order valence-corrected chi connectivity index (χ0v) is 16.7. The van der Waals surface area contributed by atoms with E-state index in [2.05, 4.69) is 14.9 Å². The molecule has 1 heterocycles. The first-order valence-electron chi connectivity index (χ1n) is 8.32. The number of aromatic amines is 1. The SMILES string of the molecule is Cl.ClCCN(CCCl)CCOc1ccc(-c2nc3ccccc3[nH]2)cc1. The highest BCUT2D eigenvalue weighted by molar-refractivity contribution is 6.18. The average Bonchev–Trinajstić information content (AvgIpc) is 3.07. The highest BCUT2D eigenvalue weighted by atomic mass is 35.5. The number of H-pyrrole nitrogens is 1. The molecular formula is C19H22Cl3N3O. The molecule has 0 spiro atoms. The van der Waals surface area contributed by atoms with Crippen molar-refractivity contribution in [3.63, 3.8) is 0 Å². The number of halogens is 3. The third kappa shape index (κ3) is 5.52. The minimum atomic E-state index is 0. The number of ether oxygens (including phenoxy) is 1. The number of hydrogen-bond acceptors (Lipinski definition) is 3. The van der Waals surface area contributed by atoms with Crippen molar-refractivity contribution < 1.29 is 4.74 Å². The average molecular weight is 415 g/mol. The smallest absolute Gasteiger partial charge is 0.138 e. The Morgan fingerprint density at radius 3 is 2.27 bits per heavy atom. The van der Waals surface area contributed by atoms with Crippen LogP contribution in [0.3, 0.4) is 0 Å². The molecule has 2 aromatic carbocycles. The van der Waals surface area contributed by atoms with E-state index in [0.29, 0.717) is 18.4 Å². The van der Waals surface area contributed by atoms with E-state index in [-0.39, 0.29) is 12.4 Å². The van der Waals surface area contributed by atoms with Crippen LogP contribution in [0, 0.1) is 0 Å². The van der Waals surface area contributed by atoms with Gasteiger partial charge in [0.05, 0.1) is 11.0 Å². The first-order valence-corrected chi connectivity index (χ1v) is 9.39. The number of benzene rings is 2. The number of nitrogens with zero attached hydrogens (tertiary/aromatic N) is 2. The van der Waals surface area contributed by atoms with Gasteiger partial charge < -0.3 is 9.72 Å². The zero-order valence-electron chi connectivity index (χ0n) is 14.3. The van der Waals surface area contributed by atoms with Crippen LogP contribution >= 0.6 is 35.6 Å². The monoisotopic (exact) mass is 413 g/mol. The fourth-order valence-electron chi connectivity index (χ4n) is 2.67. The lowest BCUT2D eigenvalue weighted by atomic mass is 10.2. The lowest BCUT2D eigenvalue weighted by Crippen LogP contribution is -2.32. The number of para-hydroxylation sites is 2. The maximum atomic E-state index is 5.82. The molecule has 0 amide bonds. The van der Waals surface area contributed by atoms with Crippen LogP contribution in [-0.4, -0.2) is 52.9 Å². The summed E-state index contributed by atoms with van der Waals surface area (Å²) in [5.41, 5.74) is 3.04. The predicted octanol–water partition coefficient (Wildman–Crippen LogP) is 4.81. The highest BCUT2D eigenvalue weighted by Crippen LogP contribution is 2.22. The van der Waals surface area contributed by atoms with Crippen molar-refractivity contribution in [2.75, 3.05) is 38.0 Å². The maximum absolute atomic E-state index is 5.82. The highest BCUT2D eigenvalue weighted by Gasteiger charge is 2.06. The second kappa shape index (κ2) is 10.6. The minimum Gasteiger partial charge on any atom is -0.492 e. The molecule has 0 radical (unpaired) electrons. The Balaban J connectivity index is 0.00000243. The maximum Gasteiger partial charge on any atom is 0.138 e. The van der Waals surface area contributed by atoms with Gasteiger partial charge in [-0.3, -0.25) is 4.90 Å². The first-order chi connectivity index (χ1) is 12.3. The lowest BCUT2D eigenvalue weighted by molar-refractivity contribution is 0.224. The van der Waals surface area contributed by atoms with E-state index in [4.69, 9.17) is 27.9 Å². The molecule has 0 unspecified atom stereocenters. The van der Waals surface area contributed by atoms with Crippen molar-refractivity contribution in [1.29, 1.82) is 0 Å². The number of imidazole rings is 1. The van der Waals surface area contributed by atoms with Gasteiger partial charge in [-0.2, -0.15) is 0 Å². The van der Waals surface area contributed by atoms with Crippen molar-refractivity contribution in [3.8, 4) is 17.1 Å². The van der Waals surface area contributed by atoms with E-state index in [1.807, 2.05) is 48.5 Å². The quantitative estimate of drug-likeness (QED) is 0.511. The summed E-state index contributed by atoms with van der Waals surface area (Å²) in [5, 5.41) is 0. The first kappa shape index (κ1) is 20.8. The Labute approximate surface area is 169 Å². The van der Waals surface area contributed by atoms with Crippen molar-refractivity contribution in [3.05, 3.63) is 48.5 Å². The second-order valence-corrected chi connectivity index (χ2v) is 6.45. The second-order valence-electron chi connectivity index (χ2n) is 5.70.